The average molecular weight is 313 g/mol. The predicted octanol–water partition coefficient (Wildman–Crippen LogP) is 2.55. The summed E-state index contributed by atoms with van der Waals surface area (Å²) < 4.78 is 0.806. The van der Waals surface area contributed by atoms with Gasteiger partial charge in [0.15, 0.2) is 0 Å². The number of rotatable bonds is 3. The fourth-order valence-electron chi connectivity index (χ4n) is 1.18. The third kappa shape index (κ3) is 4.49. The second kappa shape index (κ2) is 6.00. The Kier molecular flexibility index (Phi) is 4.90. The summed E-state index contributed by atoms with van der Waals surface area (Å²) in [4.78, 5) is 23.2. The summed E-state index contributed by atoms with van der Waals surface area (Å²) in [5, 5.41) is 5.31. The molecule has 1 rings (SSSR count). The van der Waals surface area contributed by atoms with Crippen LogP contribution in [0.4, 0.5) is 5.69 Å². The molecule has 0 spiro atoms. The van der Waals surface area contributed by atoms with Gasteiger partial charge in [-0.3, -0.25) is 9.59 Å². The molecule has 0 radical (unpaired) electrons. The van der Waals surface area contributed by atoms with Crippen molar-refractivity contribution < 1.29 is 9.59 Å². The summed E-state index contributed by atoms with van der Waals surface area (Å²) in [6, 6.07) is 7.31. The second-order valence-corrected chi connectivity index (χ2v) is 5.82. The Balaban J connectivity index is 2.49. The normalized spacial score (nSPS) is 10.9. The van der Waals surface area contributed by atoms with Crippen molar-refractivity contribution in [3.05, 3.63) is 28.7 Å². The molecule has 0 aliphatic carbocycles. The van der Waals surface area contributed by atoms with Crippen molar-refractivity contribution in [3.8, 4) is 0 Å². The molecule has 0 aromatic heterocycles. The number of carbonyl (C=O) groups excluding carboxylic acids is 2. The molecule has 0 saturated heterocycles. The highest BCUT2D eigenvalue weighted by molar-refractivity contribution is 9.10. The largest absolute Gasteiger partial charge is 0.347 e. The lowest BCUT2D eigenvalue weighted by atomic mass is 9.96. The molecule has 18 heavy (non-hydrogen) atoms. The smallest absolute Gasteiger partial charge is 0.243 e. The molecule has 2 N–H and O–H groups in total. The maximum atomic E-state index is 11.6. The van der Waals surface area contributed by atoms with Crippen LogP contribution in [0.1, 0.15) is 20.8 Å². The zero-order valence-corrected chi connectivity index (χ0v) is 12.3. The predicted molar refractivity (Wildman–Crippen MR) is 75.2 cm³/mol. The minimum absolute atomic E-state index is 0.0303. The van der Waals surface area contributed by atoms with Crippen LogP contribution in [0.2, 0.25) is 0 Å². The fraction of sp³-hybridized carbons (Fsp3) is 0.385. The summed E-state index contributed by atoms with van der Waals surface area (Å²) in [7, 11) is 0. The number of carbonyl (C=O) groups is 2. The van der Waals surface area contributed by atoms with Gasteiger partial charge in [-0.05, 0) is 28.1 Å². The van der Waals surface area contributed by atoms with Crippen molar-refractivity contribution in [1.29, 1.82) is 0 Å². The molecule has 0 unspecified atom stereocenters. The van der Waals surface area contributed by atoms with Crippen LogP contribution in [0.15, 0.2) is 28.7 Å². The summed E-state index contributed by atoms with van der Waals surface area (Å²) in [6.07, 6.45) is 0. The molecule has 0 bridgehead atoms. The molecular formula is C13H17BrN2O2. The first kappa shape index (κ1) is 14.7. The lowest BCUT2D eigenvalue weighted by Gasteiger charge is -2.17. The highest BCUT2D eigenvalue weighted by Gasteiger charge is 2.21. The van der Waals surface area contributed by atoms with E-state index in [9.17, 15) is 9.59 Å². The lowest BCUT2D eigenvalue weighted by molar-refractivity contribution is -0.130. The van der Waals surface area contributed by atoms with Crippen LogP contribution in [0.5, 0.6) is 0 Å². The van der Waals surface area contributed by atoms with Crippen LogP contribution in [-0.2, 0) is 9.59 Å². The van der Waals surface area contributed by atoms with E-state index in [1.54, 1.807) is 26.8 Å². The van der Waals surface area contributed by atoms with Crippen LogP contribution in [0.25, 0.3) is 0 Å². The van der Waals surface area contributed by atoms with Gasteiger partial charge in [0.2, 0.25) is 11.8 Å². The molecule has 0 aliphatic rings. The quantitative estimate of drug-likeness (QED) is 0.901. The first-order valence-electron chi connectivity index (χ1n) is 5.63. The maximum absolute atomic E-state index is 11.6. The molecule has 0 fully saturated rings. The van der Waals surface area contributed by atoms with Gasteiger partial charge < -0.3 is 10.6 Å². The van der Waals surface area contributed by atoms with Crippen LogP contribution in [0, 0.1) is 5.41 Å². The maximum Gasteiger partial charge on any atom is 0.243 e. The van der Waals surface area contributed by atoms with Crippen LogP contribution < -0.4 is 10.6 Å². The van der Waals surface area contributed by atoms with Crippen molar-refractivity contribution in [2.45, 2.75) is 20.8 Å². The third-order valence-electron chi connectivity index (χ3n) is 2.24. The number of benzene rings is 1. The minimum Gasteiger partial charge on any atom is -0.347 e. The molecular weight excluding hydrogens is 296 g/mol. The Morgan fingerprint density at radius 3 is 2.39 bits per heavy atom. The van der Waals surface area contributed by atoms with Gasteiger partial charge in [-0.1, -0.05) is 32.9 Å². The van der Waals surface area contributed by atoms with Gasteiger partial charge in [0.05, 0.1) is 12.2 Å². The highest BCUT2D eigenvalue weighted by atomic mass is 79.9. The van der Waals surface area contributed by atoms with Crippen LogP contribution >= 0.6 is 15.9 Å². The first-order chi connectivity index (χ1) is 8.30. The van der Waals surface area contributed by atoms with E-state index in [1.165, 1.54) is 0 Å². The van der Waals surface area contributed by atoms with Gasteiger partial charge in [0, 0.05) is 9.89 Å². The Morgan fingerprint density at radius 2 is 1.83 bits per heavy atom. The van der Waals surface area contributed by atoms with Gasteiger partial charge in [-0.15, -0.1) is 0 Å². The van der Waals surface area contributed by atoms with Gasteiger partial charge in [-0.2, -0.15) is 0 Å². The summed E-state index contributed by atoms with van der Waals surface area (Å²) in [5.74, 6) is -0.399. The van der Waals surface area contributed by atoms with E-state index >= 15 is 0 Å². The van der Waals surface area contributed by atoms with E-state index in [1.807, 2.05) is 18.2 Å². The molecule has 4 nitrogen and oxygen atoms in total. The summed E-state index contributed by atoms with van der Waals surface area (Å²) in [6.45, 7) is 5.37. The number of nitrogens with one attached hydrogen (secondary N) is 2. The van der Waals surface area contributed by atoms with Crippen LogP contribution in [0.3, 0.4) is 0 Å². The zero-order valence-electron chi connectivity index (χ0n) is 10.7. The summed E-state index contributed by atoms with van der Waals surface area (Å²) >= 11 is 3.33. The van der Waals surface area contributed by atoms with Gasteiger partial charge in [0.25, 0.3) is 0 Å². The Morgan fingerprint density at radius 1 is 1.22 bits per heavy atom. The van der Waals surface area contributed by atoms with E-state index in [2.05, 4.69) is 26.6 Å². The topological polar surface area (TPSA) is 58.2 Å². The number of para-hydroxylation sites is 1. The molecule has 5 heteroatoms. The van der Waals surface area contributed by atoms with E-state index in [-0.39, 0.29) is 18.4 Å². The second-order valence-electron chi connectivity index (χ2n) is 4.96. The van der Waals surface area contributed by atoms with Crippen molar-refractivity contribution >= 4 is 33.4 Å². The SMILES string of the molecule is CC(C)(C)C(=O)NCC(=O)Nc1ccccc1Br. The molecule has 0 saturated carbocycles. The van der Waals surface area contributed by atoms with Crippen molar-refractivity contribution in [2.24, 2.45) is 5.41 Å². The number of halogens is 1. The summed E-state index contributed by atoms with van der Waals surface area (Å²) in [5.41, 5.74) is 0.195. The number of hydrogen-bond acceptors (Lipinski definition) is 2. The van der Waals surface area contributed by atoms with Gasteiger partial charge in [0.1, 0.15) is 0 Å². The van der Waals surface area contributed by atoms with Crippen LogP contribution in [-0.4, -0.2) is 18.4 Å². The first-order valence-corrected chi connectivity index (χ1v) is 6.42. The number of hydrogen-bond donors (Lipinski definition) is 2. The van der Waals surface area contributed by atoms with E-state index < -0.39 is 5.41 Å². The van der Waals surface area contributed by atoms with Crippen molar-refractivity contribution in [3.63, 3.8) is 0 Å². The van der Waals surface area contributed by atoms with Crippen molar-refractivity contribution in [1.82, 2.24) is 5.32 Å². The van der Waals surface area contributed by atoms with E-state index in [4.69, 9.17) is 0 Å². The monoisotopic (exact) mass is 312 g/mol. The average Bonchev–Trinajstić information content (AvgIpc) is 2.27. The Hall–Kier alpha value is -1.36. The molecule has 0 atom stereocenters. The molecule has 1 aromatic carbocycles. The minimum atomic E-state index is -0.492. The Bertz CT molecular complexity index is 453. The van der Waals surface area contributed by atoms with E-state index in [0.717, 1.165) is 4.47 Å². The Labute approximate surface area is 115 Å². The molecule has 98 valence electrons. The molecule has 0 heterocycles. The highest BCUT2D eigenvalue weighted by Crippen LogP contribution is 2.20. The number of anilines is 1. The fourth-order valence-corrected chi connectivity index (χ4v) is 1.57. The lowest BCUT2D eigenvalue weighted by Crippen LogP contribution is -2.39. The molecule has 0 aliphatic heterocycles. The standard InChI is InChI=1S/C13H17BrN2O2/c1-13(2,3)12(18)15-8-11(17)16-10-7-5-4-6-9(10)14/h4-7H,8H2,1-3H3,(H,15,18)(H,16,17). The third-order valence-corrected chi connectivity index (χ3v) is 2.93. The number of amides is 2. The van der Waals surface area contributed by atoms with Crippen molar-refractivity contribution in [2.75, 3.05) is 11.9 Å². The van der Waals surface area contributed by atoms with Gasteiger partial charge >= 0.3 is 0 Å². The molecule has 2 amide bonds. The zero-order chi connectivity index (χ0) is 13.8. The van der Waals surface area contributed by atoms with E-state index in [0.29, 0.717) is 5.69 Å². The van der Waals surface area contributed by atoms with Gasteiger partial charge in [-0.25, -0.2) is 0 Å². The molecule has 1 aromatic rings.